The summed E-state index contributed by atoms with van der Waals surface area (Å²) in [6.07, 6.45) is 0.698. The van der Waals surface area contributed by atoms with Crippen LogP contribution in [0, 0.1) is 6.92 Å². The molecule has 1 aromatic heterocycles. The van der Waals surface area contributed by atoms with Gasteiger partial charge in [0.25, 0.3) is 5.91 Å². The summed E-state index contributed by atoms with van der Waals surface area (Å²) in [6, 6.07) is 13.9. The molecule has 0 saturated carbocycles. The predicted molar refractivity (Wildman–Crippen MR) is 109 cm³/mol. The Morgan fingerprint density at radius 3 is 2.50 bits per heavy atom. The van der Waals surface area contributed by atoms with Gasteiger partial charge >= 0.3 is 0 Å². The van der Waals surface area contributed by atoms with E-state index < -0.39 is 10.0 Å². The van der Waals surface area contributed by atoms with Crippen molar-refractivity contribution in [1.82, 2.24) is 9.29 Å². The van der Waals surface area contributed by atoms with Crippen LogP contribution in [-0.4, -0.2) is 30.2 Å². The van der Waals surface area contributed by atoms with Gasteiger partial charge in [0.05, 0.1) is 10.6 Å². The van der Waals surface area contributed by atoms with Crippen LogP contribution < -0.4 is 5.32 Å². The van der Waals surface area contributed by atoms with Crippen molar-refractivity contribution in [3.63, 3.8) is 0 Å². The molecule has 6 nitrogen and oxygen atoms in total. The minimum Gasteiger partial charge on any atom is -0.298 e. The van der Waals surface area contributed by atoms with Crippen molar-refractivity contribution in [2.24, 2.45) is 0 Å². The molecule has 28 heavy (non-hydrogen) atoms. The lowest BCUT2D eigenvalue weighted by Crippen LogP contribution is -2.35. The van der Waals surface area contributed by atoms with Crippen LogP contribution in [0.5, 0.6) is 0 Å². The largest absolute Gasteiger partial charge is 0.298 e. The van der Waals surface area contributed by atoms with Gasteiger partial charge in [-0.25, -0.2) is 13.4 Å². The molecule has 4 rings (SSSR count). The number of carbonyl (C=O) groups excluding carboxylic acids is 1. The smallest absolute Gasteiger partial charge is 0.257 e. The molecule has 0 saturated heterocycles. The Hall–Kier alpha value is -2.55. The molecule has 1 aliphatic heterocycles. The van der Waals surface area contributed by atoms with Gasteiger partial charge in [-0.3, -0.25) is 10.1 Å². The molecule has 1 aliphatic rings. The maximum absolute atomic E-state index is 13.0. The molecule has 3 aromatic rings. The normalized spacial score (nSPS) is 14.5. The fourth-order valence-electron chi connectivity index (χ4n) is 3.18. The Bertz CT molecular complexity index is 1120. The molecule has 1 amide bonds. The van der Waals surface area contributed by atoms with Crippen LogP contribution in [0.25, 0.3) is 0 Å². The molecule has 0 unspecified atom stereocenters. The van der Waals surface area contributed by atoms with Crippen molar-refractivity contribution in [3.8, 4) is 0 Å². The van der Waals surface area contributed by atoms with Gasteiger partial charge in [-0.2, -0.15) is 4.31 Å². The van der Waals surface area contributed by atoms with Gasteiger partial charge in [0.15, 0.2) is 5.13 Å². The Kier molecular flexibility index (Phi) is 5.01. The number of aromatic nitrogens is 1. The summed E-state index contributed by atoms with van der Waals surface area (Å²) in [5.74, 6) is -0.315. The second-order valence-electron chi connectivity index (χ2n) is 6.63. The van der Waals surface area contributed by atoms with Crippen molar-refractivity contribution >= 4 is 32.4 Å². The van der Waals surface area contributed by atoms with E-state index >= 15 is 0 Å². The number of rotatable bonds is 4. The van der Waals surface area contributed by atoms with Crippen LogP contribution in [-0.2, 0) is 23.0 Å². The number of anilines is 1. The molecule has 2 heterocycles. The van der Waals surface area contributed by atoms with Crippen LogP contribution in [0.4, 0.5) is 5.13 Å². The molecule has 0 radical (unpaired) electrons. The first-order valence-corrected chi connectivity index (χ1v) is 11.2. The van der Waals surface area contributed by atoms with E-state index in [1.807, 2.05) is 36.6 Å². The van der Waals surface area contributed by atoms with E-state index in [0.29, 0.717) is 30.2 Å². The van der Waals surface area contributed by atoms with Crippen LogP contribution in [0.15, 0.2) is 58.8 Å². The maximum Gasteiger partial charge on any atom is 0.257 e. The van der Waals surface area contributed by atoms with E-state index in [1.54, 1.807) is 0 Å². The first-order valence-electron chi connectivity index (χ1n) is 8.84. The van der Waals surface area contributed by atoms with Gasteiger partial charge in [0.1, 0.15) is 0 Å². The number of carbonyl (C=O) groups is 1. The zero-order valence-electron chi connectivity index (χ0n) is 15.3. The van der Waals surface area contributed by atoms with Gasteiger partial charge in [-0.05, 0) is 48.7 Å². The zero-order valence-corrected chi connectivity index (χ0v) is 16.9. The maximum atomic E-state index is 13.0. The Balaban J connectivity index is 1.51. The van der Waals surface area contributed by atoms with E-state index in [2.05, 4.69) is 10.3 Å². The van der Waals surface area contributed by atoms with Gasteiger partial charge in [-0.15, -0.1) is 11.3 Å². The highest BCUT2D eigenvalue weighted by Gasteiger charge is 2.28. The Morgan fingerprint density at radius 2 is 1.82 bits per heavy atom. The molecular formula is C20H19N3O3S2. The zero-order chi connectivity index (χ0) is 19.7. The number of sulfonamides is 1. The summed E-state index contributed by atoms with van der Waals surface area (Å²) in [7, 11) is -3.61. The number of thiazole rings is 1. The number of hydrogen-bond acceptors (Lipinski definition) is 5. The standard InChI is InChI=1S/C20H19N3O3S2/c1-14-13-27-20(21-14)22-19(24)16-6-8-18(9-7-16)28(25,26)23-11-10-15-4-2-3-5-17(15)12-23/h2-9,13H,10-12H2,1H3,(H,21,22,24). The van der Waals surface area contributed by atoms with Gasteiger partial charge in [0, 0.05) is 24.0 Å². The lowest BCUT2D eigenvalue weighted by molar-refractivity contribution is 0.102. The van der Waals surface area contributed by atoms with E-state index in [0.717, 1.165) is 11.3 Å². The lowest BCUT2D eigenvalue weighted by atomic mass is 10.0. The third-order valence-electron chi connectivity index (χ3n) is 4.69. The summed E-state index contributed by atoms with van der Waals surface area (Å²) < 4.78 is 27.5. The molecule has 1 N–H and O–H groups in total. The first kappa shape index (κ1) is 18.8. The predicted octanol–water partition coefficient (Wildman–Crippen LogP) is 3.45. The van der Waals surface area contributed by atoms with Crippen molar-refractivity contribution in [1.29, 1.82) is 0 Å². The minimum absolute atomic E-state index is 0.188. The van der Waals surface area contributed by atoms with Gasteiger partial charge < -0.3 is 0 Å². The highest BCUT2D eigenvalue weighted by atomic mass is 32.2. The topological polar surface area (TPSA) is 79.4 Å². The summed E-state index contributed by atoms with van der Waals surface area (Å²) >= 11 is 1.35. The number of nitrogens with one attached hydrogen (secondary N) is 1. The van der Waals surface area contributed by atoms with E-state index in [9.17, 15) is 13.2 Å². The van der Waals surface area contributed by atoms with Crippen molar-refractivity contribution in [2.45, 2.75) is 24.8 Å². The van der Waals surface area contributed by atoms with Crippen LogP contribution in [0.1, 0.15) is 27.2 Å². The molecule has 8 heteroatoms. The summed E-state index contributed by atoms with van der Waals surface area (Å²) in [5, 5.41) is 5.09. The molecule has 2 aromatic carbocycles. The van der Waals surface area contributed by atoms with E-state index in [4.69, 9.17) is 0 Å². The average Bonchev–Trinajstić information content (AvgIpc) is 3.12. The van der Waals surface area contributed by atoms with Crippen molar-refractivity contribution < 1.29 is 13.2 Å². The average molecular weight is 414 g/mol. The summed E-state index contributed by atoms with van der Waals surface area (Å²) in [5.41, 5.74) is 3.45. The third kappa shape index (κ3) is 3.71. The highest BCUT2D eigenvalue weighted by molar-refractivity contribution is 7.89. The fraction of sp³-hybridized carbons (Fsp3) is 0.200. The van der Waals surface area contributed by atoms with Crippen molar-refractivity contribution in [3.05, 3.63) is 76.3 Å². The Morgan fingerprint density at radius 1 is 1.11 bits per heavy atom. The summed E-state index contributed by atoms with van der Waals surface area (Å²) in [4.78, 5) is 16.7. The molecular weight excluding hydrogens is 394 g/mol. The number of amides is 1. The molecule has 0 bridgehead atoms. The third-order valence-corrected chi connectivity index (χ3v) is 7.42. The van der Waals surface area contributed by atoms with Crippen LogP contribution in [0.3, 0.4) is 0 Å². The molecule has 144 valence electrons. The van der Waals surface area contributed by atoms with E-state index in [1.165, 1.54) is 45.5 Å². The minimum atomic E-state index is -3.61. The van der Waals surface area contributed by atoms with Crippen molar-refractivity contribution in [2.75, 3.05) is 11.9 Å². The SMILES string of the molecule is Cc1csc(NC(=O)c2ccc(S(=O)(=O)N3CCc4ccccc4C3)cc2)n1. The van der Waals surface area contributed by atoms with Crippen LogP contribution in [0.2, 0.25) is 0 Å². The number of nitrogens with zero attached hydrogens (tertiary/aromatic N) is 2. The molecule has 0 atom stereocenters. The highest BCUT2D eigenvalue weighted by Crippen LogP contribution is 2.25. The number of hydrogen-bond donors (Lipinski definition) is 1. The van der Waals surface area contributed by atoms with Gasteiger partial charge in [0.2, 0.25) is 10.0 Å². The van der Waals surface area contributed by atoms with E-state index in [-0.39, 0.29) is 10.8 Å². The summed E-state index contributed by atoms with van der Waals surface area (Å²) in [6.45, 7) is 2.67. The second kappa shape index (κ2) is 7.46. The molecule has 0 aliphatic carbocycles. The fourth-order valence-corrected chi connectivity index (χ4v) is 5.29. The quantitative estimate of drug-likeness (QED) is 0.710. The Labute approximate surface area is 167 Å². The lowest BCUT2D eigenvalue weighted by Gasteiger charge is -2.28. The number of benzene rings is 2. The first-order chi connectivity index (χ1) is 13.4. The molecule has 0 fully saturated rings. The van der Waals surface area contributed by atoms with Gasteiger partial charge in [-0.1, -0.05) is 24.3 Å². The number of fused-ring (bicyclic) bond motifs is 1. The second-order valence-corrected chi connectivity index (χ2v) is 9.43. The molecule has 0 spiro atoms. The number of aryl methyl sites for hydroxylation is 1. The monoisotopic (exact) mass is 413 g/mol. The van der Waals surface area contributed by atoms with Crippen LogP contribution >= 0.6 is 11.3 Å².